The molecule has 4 heteroatoms. The summed E-state index contributed by atoms with van der Waals surface area (Å²) in [5, 5.41) is 1.32. The Morgan fingerprint density at radius 1 is 1.11 bits per heavy atom. The number of methoxy groups -OCH3 is 1. The Morgan fingerprint density at radius 3 is 2.37 bits per heavy atom. The van der Waals surface area contributed by atoms with Crippen molar-refractivity contribution in [2.45, 2.75) is 38.9 Å². The number of nitrogens with one attached hydrogen (secondary N) is 1. The third-order valence-corrected chi connectivity index (χ3v) is 8.35. The molecule has 0 amide bonds. The summed E-state index contributed by atoms with van der Waals surface area (Å²) >= 11 is 0. The van der Waals surface area contributed by atoms with Gasteiger partial charge in [-0.2, -0.15) is 0 Å². The van der Waals surface area contributed by atoms with Gasteiger partial charge in [-0.1, -0.05) is 20.8 Å². The number of H-pyrrole nitrogens is 1. The van der Waals surface area contributed by atoms with Gasteiger partial charge in [0.1, 0.15) is 5.75 Å². The van der Waals surface area contributed by atoms with E-state index in [0.29, 0.717) is 0 Å². The van der Waals surface area contributed by atoms with Gasteiger partial charge in [-0.3, -0.25) is 0 Å². The predicted octanol–water partition coefficient (Wildman–Crippen LogP) is 4.56. The first kappa shape index (κ1) is 14.0. The number of benzene rings is 1. The van der Waals surface area contributed by atoms with Gasteiger partial charge in [0.2, 0.25) is 0 Å². The molecule has 0 saturated carbocycles. The van der Waals surface area contributed by atoms with Crippen molar-refractivity contribution in [3.8, 4) is 11.5 Å². The lowest BCUT2D eigenvalue weighted by molar-refractivity contribution is 0.386. The van der Waals surface area contributed by atoms with Gasteiger partial charge in [0.05, 0.1) is 7.11 Å². The summed E-state index contributed by atoms with van der Waals surface area (Å²) < 4.78 is 11.8. The summed E-state index contributed by atoms with van der Waals surface area (Å²) in [4.78, 5) is 3.19. The van der Waals surface area contributed by atoms with Crippen LogP contribution < -0.4 is 9.16 Å². The van der Waals surface area contributed by atoms with Crippen molar-refractivity contribution in [1.82, 2.24) is 4.98 Å². The Labute approximate surface area is 116 Å². The molecule has 0 fully saturated rings. The summed E-state index contributed by atoms with van der Waals surface area (Å²) in [6.45, 7) is 11.2. The van der Waals surface area contributed by atoms with E-state index < -0.39 is 8.32 Å². The molecule has 0 unspecified atom stereocenters. The third-order valence-electron chi connectivity index (χ3n) is 4.01. The zero-order valence-electron chi connectivity index (χ0n) is 12.6. The first-order valence-corrected chi connectivity index (χ1v) is 9.49. The molecule has 0 atom stereocenters. The number of rotatable bonds is 3. The summed E-state index contributed by atoms with van der Waals surface area (Å²) in [5.41, 5.74) is 1.07. The van der Waals surface area contributed by atoms with Crippen molar-refractivity contribution in [3.63, 3.8) is 0 Å². The minimum absolute atomic E-state index is 0.172. The number of fused-ring (bicyclic) bond motifs is 1. The van der Waals surface area contributed by atoms with Crippen LogP contribution in [-0.2, 0) is 0 Å². The van der Waals surface area contributed by atoms with Crippen LogP contribution in [0.5, 0.6) is 11.5 Å². The highest BCUT2D eigenvalue weighted by molar-refractivity contribution is 6.74. The SMILES string of the molecule is COc1cc2[nH]ccc2cc1O[Si](C)(C)C(C)(C)C. The number of ether oxygens (including phenoxy) is 1. The molecule has 1 aromatic carbocycles. The maximum absolute atomic E-state index is 6.37. The summed E-state index contributed by atoms with van der Waals surface area (Å²) in [6, 6.07) is 6.11. The molecule has 0 saturated heterocycles. The van der Waals surface area contributed by atoms with E-state index in [1.807, 2.05) is 18.3 Å². The van der Waals surface area contributed by atoms with Gasteiger partial charge >= 0.3 is 0 Å². The Morgan fingerprint density at radius 2 is 1.79 bits per heavy atom. The fourth-order valence-electron chi connectivity index (χ4n) is 1.73. The molecule has 104 valence electrons. The number of hydrogen-bond acceptors (Lipinski definition) is 2. The van der Waals surface area contributed by atoms with Gasteiger partial charge in [-0.25, -0.2) is 0 Å². The molecular weight excluding hydrogens is 254 g/mol. The Balaban J connectivity index is 2.44. The van der Waals surface area contributed by atoms with Crippen LogP contribution in [0, 0.1) is 0 Å². The van der Waals surface area contributed by atoms with E-state index in [9.17, 15) is 0 Å². The molecule has 2 rings (SSSR count). The van der Waals surface area contributed by atoms with Crippen LogP contribution >= 0.6 is 0 Å². The molecule has 0 aliphatic rings. The zero-order chi connectivity index (χ0) is 14.3. The van der Waals surface area contributed by atoms with Crippen LogP contribution in [0.1, 0.15) is 20.8 Å². The largest absolute Gasteiger partial charge is 0.541 e. The van der Waals surface area contributed by atoms with Crippen molar-refractivity contribution in [3.05, 3.63) is 24.4 Å². The maximum Gasteiger partial charge on any atom is 0.250 e. The minimum Gasteiger partial charge on any atom is -0.541 e. The highest BCUT2D eigenvalue weighted by Crippen LogP contribution is 2.41. The lowest BCUT2D eigenvalue weighted by atomic mass is 10.2. The molecule has 1 aromatic heterocycles. The van der Waals surface area contributed by atoms with Gasteiger partial charge in [0, 0.05) is 23.2 Å². The summed E-state index contributed by atoms with van der Waals surface area (Å²) in [7, 11) is -0.167. The van der Waals surface area contributed by atoms with Crippen LogP contribution in [-0.4, -0.2) is 20.4 Å². The van der Waals surface area contributed by atoms with Crippen LogP contribution in [0.4, 0.5) is 0 Å². The molecule has 19 heavy (non-hydrogen) atoms. The average molecular weight is 277 g/mol. The predicted molar refractivity (Wildman–Crippen MR) is 82.7 cm³/mol. The van der Waals surface area contributed by atoms with Crippen LogP contribution in [0.25, 0.3) is 10.9 Å². The van der Waals surface area contributed by atoms with E-state index in [0.717, 1.165) is 22.4 Å². The van der Waals surface area contributed by atoms with Gasteiger partial charge in [0.25, 0.3) is 8.32 Å². The molecule has 1 heterocycles. The first-order valence-electron chi connectivity index (χ1n) is 6.59. The number of hydrogen-bond donors (Lipinski definition) is 1. The van der Waals surface area contributed by atoms with Gasteiger partial charge in [0.15, 0.2) is 5.75 Å². The van der Waals surface area contributed by atoms with E-state index in [4.69, 9.17) is 9.16 Å². The van der Waals surface area contributed by atoms with Crippen molar-refractivity contribution in [2.75, 3.05) is 7.11 Å². The van der Waals surface area contributed by atoms with Crippen molar-refractivity contribution in [1.29, 1.82) is 0 Å². The first-order chi connectivity index (χ1) is 8.74. The normalized spacial score (nSPS) is 12.7. The van der Waals surface area contributed by atoms with E-state index >= 15 is 0 Å². The molecule has 0 bridgehead atoms. The number of aromatic amines is 1. The third kappa shape index (κ3) is 2.63. The van der Waals surface area contributed by atoms with Gasteiger partial charge in [-0.15, -0.1) is 0 Å². The standard InChI is InChI=1S/C15H23NO2Si/c1-15(2,3)19(5,6)18-14-9-11-7-8-16-12(11)10-13(14)17-4/h7-10,16H,1-6H3. The molecule has 0 spiro atoms. The molecule has 2 aromatic rings. The van der Waals surface area contributed by atoms with E-state index in [2.05, 4.69) is 44.9 Å². The Kier molecular flexibility index (Phi) is 3.39. The summed E-state index contributed by atoms with van der Waals surface area (Å²) in [5.74, 6) is 1.64. The van der Waals surface area contributed by atoms with E-state index in [1.54, 1.807) is 7.11 Å². The average Bonchev–Trinajstić information content (AvgIpc) is 2.72. The fourth-order valence-corrected chi connectivity index (χ4v) is 2.74. The maximum atomic E-state index is 6.37. The molecule has 1 N–H and O–H groups in total. The lowest BCUT2D eigenvalue weighted by Gasteiger charge is -2.36. The Bertz CT molecular complexity index is 581. The van der Waals surface area contributed by atoms with Crippen molar-refractivity contribution < 1.29 is 9.16 Å². The topological polar surface area (TPSA) is 34.2 Å². The highest BCUT2D eigenvalue weighted by atomic mass is 28.4. The molecule has 3 nitrogen and oxygen atoms in total. The lowest BCUT2D eigenvalue weighted by Crippen LogP contribution is -2.43. The minimum atomic E-state index is -1.85. The van der Waals surface area contributed by atoms with Crippen LogP contribution in [0.15, 0.2) is 24.4 Å². The highest BCUT2D eigenvalue weighted by Gasteiger charge is 2.39. The van der Waals surface area contributed by atoms with Crippen LogP contribution in [0.3, 0.4) is 0 Å². The van der Waals surface area contributed by atoms with Crippen molar-refractivity contribution >= 4 is 19.2 Å². The van der Waals surface area contributed by atoms with Gasteiger partial charge < -0.3 is 14.1 Å². The number of aromatic nitrogens is 1. The van der Waals surface area contributed by atoms with Crippen LogP contribution in [0.2, 0.25) is 18.1 Å². The Hall–Kier alpha value is -1.42. The summed E-state index contributed by atoms with van der Waals surface area (Å²) in [6.07, 6.45) is 1.93. The molecule has 0 radical (unpaired) electrons. The molecule has 0 aliphatic carbocycles. The van der Waals surface area contributed by atoms with Crippen molar-refractivity contribution in [2.24, 2.45) is 0 Å². The second kappa shape index (κ2) is 4.60. The zero-order valence-corrected chi connectivity index (χ0v) is 13.6. The van der Waals surface area contributed by atoms with Gasteiger partial charge in [-0.05, 0) is 30.3 Å². The molecular formula is C15H23NO2Si. The smallest absolute Gasteiger partial charge is 0.250 e. The second-order valence-corrected chi connectivity index (χ2v) is 11.2. The van der Waals surface area contributed by atoms with E-state index in [1.165, 1.54) is 0 Å². The van der Waals surface area contributed by atoms with E-state index in [-0.39, 0.29) is 5.04 Å². The molecule has 0 aliphatic heterocycles. The fraction of sp³-hybridized carbons (Fsp3) is 0.467. The monoisotopic (exact) mass is 277 g/mol. The second-order valence-electron chi connectivity index (χ2n) is 6.43. The quantitative estimate of drug-likeness (QED) is 0.834.